The van der Waals surface area contributed by atoms with Gasteiger partial charge in [0, 0.05) is 13.1 Å². The first-order valence-corrected chi connectivity index (χ1v) is 11.2. The number of methoxy groups -OCH3 is 1. The Labute approximate surface area is 181 Å². The standard InChI is InChI=1S/C24H29NO6/c1-14(21(27)30-2)20(15-3-4-15)16-5-6-17-18(26)10-24(31-19(17)9-16)11-23(12-24)7-8-25(13-23)22(28)29/h5-6,9,14-15,20H,3-4,7-8,10-13H2,1-2H3,(H,28,29)/t14-,20-,23?,24?/m0/s1. The quantitative estimate of drug-likeness (QED) is 0.734. The first-order chi connectivity index (χ1) is 14.7. The molecule has 1 saturated heterocycles. The van der Waals surface area contributed by atoms with Gasteiger partial charge in [0.2, 0.25) is 0 Å². The monoisotopic (exact) mass is 427 g/mol. The number of ketones is 1. The summed E-state index contributed by atoms with van der Waals surface area (Å²) in [5.74, 6) is 0.734. The van der Waals surface area contributed by atoms with Gasteiger partial charge in [-0.1, -0.05) is 13.0 Å². The van der Waals surface area contributed by atoms with Crippen LogP contribution in [-0.2, 0) is 9.53 Å². The molecule has 166 valence electrons. The number of amides is 1. The topological polar surface area (TPSA) is 93.1 Å². The van der Waals surface area contributed by atoms with Crippen LogP contribution < -0.4 is 4.74 Å². The van der Waals surface area contributed by atoms with Gasteiger partial charge in [0.25, 0.3) is 0 Å². The van der Waals surface area contributed by atoms with Crippen molar-refractivity contribution in [2.75, 3.05) is 20.2 Å². The van der Waals surface area contributed by atoms with Crippen molar-refractivity contribution in [3.63, 3.8) is 0 Å². The van der Waals surface area contributed by atoms with E-state index in [2.05, 4.69) is 0 Å². The second-order valence-electron chi connectivity index (χ2n) is 10.1. The van der Waals surface area contributed by atoms with Crippen molar-refractivity contribution >= 4 is 17.8 Å². The van der Waals surface area contributed by atoms with Crippen LogP contribution in [0.3, 0.4) is 0 Å². The number of esters is 1. The van der Waals surface area contributed by atoms with Crippen molar-refractivity contribution < 1.29 is 29.0 Å². The molecule has 2 aliphatic heterocycles. The molecule has 1 aromatic carbocycles. The summed E-state index contributed by atoms with van der Waals surface area (Å²) in [5, 5.41) is 9.28. The molecular formula is C24H29NO6. The average molecular weight is 427 g/mol. The first kappa shape index (κ1) is 20.3. The second-order valence-corrected chi connectivity index (χ2v) is 10.1. The highest BCUT2D eigenvalue weighted by Crippen LogP contribution is 2.59. The van der Waals surface area contributed by atoms with Crippen LogP contribution in [0.1, 0.15) is 67.3 Å². The Morgan fingerprint density at radius 3 is 2.65 bits per heavy atom. The highest BCUT2D eigenvalue weighted by molar-refractivity contribution is 6.00. The fourth-order valence-corrected chi connectivity index (χ4v) is 6.37. The Kier molecular flexibility index (Phi) is 4.57. The molecule has 0 radical (unpaired) electrons. The molecule has 2 spiro atoms. The van der Waals surface area contributed by atoms with Gasteiger partial charge in [-0.15, -0.1) is 0 Å². The number of carboxylic acid groups (broad SMARTS) is 1. The number of fused-ring (bicyclic) bond motifs is 1. The van der Waals surface area contributed by atoms with Crippen LogP contribution in [0.25, 0.3) is 0 Å². The third-order valence-corrected chi connectivity index (χ3v) is 7.84. The van der Waals surface area contributed by atoms with Gasteiger partial charge in [0.15, 0.2) is 5.78 Å². The maximum atomic E-state index is 12.9. The van der Waals surface area contributed by atoms with Crippen molar-refractivity contribution in [1.29, 1.82) is 0 Å². The minimum absolute atomic E-state index is 0.0565. The summed E-state index contributed by atoms with van der Waals surface area (Å²) in [6.45, 7) is 2.98. The molecule has 3 fully saturated rings. The van der Waals surface area contributed by atoms with E-state index in [1.807, 2.05) is 25.1 Å². The molecule has 2 saturated carbocycles. The number of hydrogen-bond donors (Lipinski definition) is 1. The minimum Gasteiger partial charge on any atom is -0.486 e. The second kappa shape index (κ2) is 6.97. The number of benzene rings is 1. The van der Waals surface area contributed by atoms with Gasteiger partial charge in [-0.3, -0.25) is 9.59 Å². The zero-order chi connectivity index (χ0) is 22.0. The molecule has 0 unspecified atom stereocenters. The van der Waals surface area contributed by atoms with E-state index in [1.54, 1.807) is 0 Å². The molecule has 1 N–H and O–H groups in total. The molecule has 0 aromatic heterocycles. The van der Waals surface area contributed by atoms with Crippen LogP contribution >= 0.6 is 0 Å². The van der Waals surface area contributed by atoms with Crippen molar-refractivity contribution in [1.82, 2.24) is 4.90 Å². The zero-order valence-electron chi connectivity index (χ0n) is 18.1. The maximum Gasteiger partial charge on any atom is 0.407 e. The smallest absolute Gasteiger partial charge is 0.407 e. The van der Waals surface area contributed by atoms with E-state index >= 15 is 0 Å². The molecule has 2 aliphatic carbocycles. The predicted molar refractivity (Wildman–Crippen MR) is 111 cm³/mol. The van der Waals surface area contributed by atoms with Gasteiger partial charge >= 0.3 is 12.1 Å². The van der Waals surface area contributed by atoms with Gasteiger partial charge in [-0.05, 0) is 67.1 Å². The number of rotatable bonds is 4. The highest BCUT2D eigenvalue weighted by atomic mass is 16.5. The van der Waals surface area contributed by atoms with Crippen LogP contribution in [0.2, 0.25) is 0 Å². The van der Waals surface area contributed by atoms with E-state index in [0.717, 1.165) is 24.8 Å². The molecule has 7 heteroatoms. The largest absolute Gasteiger partial charge is 0.486 e. The number of hydrogen-bond acceptors (Lipinski definition) is 5. The minimum atomic E-state index is -0.876. The normalized spacial score (nSPS) is 31.0. The Bertz CT molecular complexity index is 945. The third kappa shape index (κ3) is 3.38. The third-order valence-electron chi connectivity index (χ3n) is 7.84. The van der Waals surface area contributed by atoms with Crippen LogP contribution in [0.15, 0.2) is 18.2 Å². The van der Waals surface area contributed by atoms with Gasteiger partial charge in [-0.2, -0.15) is 0 Å². The highest BCUT2D eigenvalue weighted by Gasteiger charge is 2.61. The van der Waals surface area contributed by atoms with Gasteiger partial charge in [-0.25, -0.2) is 4.79 Å². The summed E-state index contributed by atoms with van der Waals surface area (Å²) < 4.78 is 11.5. The van der Waals surface area contributed by atoms with E-state index in [9.17, 15) is 19.5 Å². The molecule has 5 rings (SSSR count). The lowest BCUT2D eigenvalue weighted by Gasteiger charge is -2.55. The lowest BCUT2D eigenvalue weighted by Crippen LogP contribution is -2.59. The SMILES string of the molecule is COC(=O)[C@@H](C)[C@H](c1ccc2c(c1)OC1(CC2=O)CC2(CCN(C(=O)O)C2)C1)C1CC1. The first-order valence-electron chi connectivity index (χ1n) is 11.2. The molecular weight excluding hydrogens is 398 g/mol. The van der Waals surface area contributed by atoms with Crippen LogP contribution in [0.4, 0.5) is 4.79 Å². The van der Waals surface area contributed by atoms with E-state index < -0.39 is 11.7 Å². The Hall–Kier alpha value is -2.57. The Morgan fingerprint density at radius 1 is 1.29 bits per heavy atom. The Morgan fingerprint density at radius 2 is 2.03 bits per heavy atom. The summed E-state index contributed by atoms with van der Waals surface area (Å²) in [4.78, 5) is 37.9. The maximum absolute atomic E-state index is 12.9. The Balaban J connectivity index is 1.38. The summed E-state index contributed by atoms with van der Waals surface area (Å²) in [5.41, 5.74) is 1.04. The predicted octanol–water partition coefficient (Wildman–Crippen LogP) is 3.86. The lowest BCUT2D eigenvalue weighted by molar-refractivity contribution is -0.145. The van der Waals surface area contributed by atoms with E-state index in [0.29, 0.717) is 49.6 Å². The average Bonchev–Trinajstić information content (AvgIpc) is 3.44. The van der Waals surface area contributed by atoms with Gasteiger partial charge < -0.3 is 19.5 Å². The van der Waals surface area contributed by atoms with E-state index in [1.165, 1.54) is 12.0 Å². The summed E-state index contributed by atoms with van der Waals surface area (Å²) >= 11 is 0. The lowest BCUT2D eigenvalue weighted by atomic mass is 9.56. The molecule has 31 heavy (non-hydrogen) atoms. The van der Waals surface area contributed by atoms with Crippen LogP contribution in [-0.4, -0.2) is 53.7 Å². The van der Waals surface area contributed by atoms with Crippen LogP contribution in [0, 0.1) is 17.3 Å². The molecule has 1 aromatic rings. The fourth-order valence-electron chi connectivity index (χ4n) is 6.37. The van der Waals surface area contributed by atoms with Crippen molar-refractivity contribution in [2.24, 2.45) is 17.3 Å². The van der Waals surface area contributed by atoms with Crippen molar-refractivity contribution in [2.45, 2.75) is 57.0 Å². The number of ether oxygens (including phenoxy) is 2. The van der Waals surface area contributed by atoms with E-state index in [-0.39, 0.29) is 29.0 Å². The summed E-state index contributed by atoms with van der Waals surface area (Å²) in [6.07, 6.45) is 3.91. The van der Waals surface area contributed by atoms with Crippen molar-refractivity contribution in [3.8, 4) is 5.75 Å². The molecule has 2 atom stereocenters. The number of nitrogens with zero attached hydrogens (tertiary/aromatic N) is 1. The molecule has 4 aliphatic rings. The van der Waals surface area contributed by atoms with E-state index in [4.69, 9.17) is 9.47 Å². The number of carbonyl (C=O) groups is 3. The summed E-state index contributed by atoms with van der Waals surface area (Å²) in [6, 6.07) is 5.76. The fraction of sp³-hybridized carbons (Fsp3) is 0.625. The van der Waals surface area contributed by atoms with Crippen molar-refractivity contribution in [3.05, 3.63) is 29.3 Å². The van der Waals surface area contributed by atoms with Crippen LogP contribution in [0.5, 0.6) is 5.75 Å². The zero-order valence-corrected chi connectivity index (χ0v) is 18.1. The molecule has 7 nitrogen and oxygen atoms in total. The molecule has 1 amide bonds. The molecule has 2 heterocycles. The van der Waals surface area contributed by atoms with Gasteiger partial charge in [0.05, 0.1) is 25.0 Å². The van der Waals surface area contributed by atoms with Gasteiger partial charge in [0.1, 0.15) is 11.4 Å². The summed E-state index contributed by atoms with van der Waals surface area (Å²) in [7, 11) is 1.42. The molecule has 0 bridgehead atoms. The number of likely N-dealkylation sites (tertiary alicyclic amines) is 1. The number of carbonyl (C=O) groups excluding carboxylic acids is 2. The number of Topliss-reactive ketones (excluding diaryl/α,β-unsaturated/α-hetero) is 1.